The third-order valence-corrected chi connectivity index (χ3v) is 5.95. The summed E-state index contributed by atoms with van der Waals surface area (Å²) < 4.78 is 45.1. The molecule has 0 radical (unpaired) electrons. The van der Waals surface area contributed by atoms with Gasteiger partial charge < -0.3 is 18.9 Å². The lowest BCUT2D eigenvalue weighted by atomic mass is 10.1. The minimum absolute atomic E-state index is 0.243. The quantitative estimate of drug-likeness (QED) is 0.335. The van der Waals surface area contributed by atoms with Crippen LogP contribution < -0.4 is 24.0 Å². The molecule has 1 N–H and O–H groups in total. The van der Waals surface area contributed by atoms with Crippen molar-refractivity contribution < 1.29 is 32.6 Å². The smallest absolute Gasteiger partial charge is 0.432 e. The molecule has 0 saturated carbocycles. The summed E-state index contributed by atoms with van der Waals surface area (Å²) in [6.07, 6.45) is 3.80. The Hall–Kier alpha value is -2.67. The number of nitrogens with one attached hydrogen (secondary N) is 1. The summed E-state index contributed by atoms with van der Waals surface area (Å²) in [5.41, 5.74) is 2.20. The van der Waals surface area contributed by atoms with Gasteiger partial charge in [-0.2, -0.15) is 0 Å². The van der Waals surface area contributed by atoms with Gasteiger partial charge in [-0.05, 0) is 49.2 Å². The average Bonchev–Trinajstić information content (AvgIpc) is 2.77. The van der Waals surface area contributed by atoms with Crippen LogP contribution >= 0.6 is 7.75 Å². The van der Waals surface area contributed by atoms with E-state index in [1.165, 1.54) is 7.11 Å². The summed E-state index contributed by atoms with van der Waals surface area (Å²) in [6.45, 7) is 3.99. The lowest BCUT2D eigenvalue weighted by molar-refractivity contribution is 0.225. The van der Waals surface area contributed by atoms with Crippen LogP contribution in [0.15, 0.2) is 30.3 Å². The van der Waals surface area contributed by atoms with E-state index in [2.05, 4.69) is 5.09 Å². The van der Waals surface area contributed by atoms with Crippen LogP contribution in [0.25, 0.3) is 12.2 Å². The van der Waals surface area contributed by atoms with E-state index in [1.807, 2.05) is 30.4 Å². The van der Waals surface area contributed by atoms with Gasteiger partial charge in [-0.15, -0.1) is 0 Å². The summed E-state index contributed by atoms with van der Waals surface area (Å²) in [4.78, 5) is 0. The maximum Gasteiger partial charge on any atom is 0.432 e. The number of ether oxygens (including phenoxy) is 4. The van der Waals surface area contributed by atoms with Crippen LogP contribution in [-0.4, -0.2) is 41.7 Å². The Kier molecular flexibility index (Phi) is 9.24. The van der Waals surface area contributed by atoms with Crippen LogP contribution in [0.4, 0.5) is 5.69 Å². The molecule has 2 aromatic rings. The number of anilines is 1. The van der Waals surface area contributed by atoms with Crippen molar-refractivity contribution in [1.29, 1.82) is 0 Å². The molecule has 0 aromatic heterocycles. The van der Waals surface area contributed by atoms with E-state index in [0.717, 1.165) is 11.1 Å². The number of benzene rings is 2. The van der Waals surface area contributed by atoms with Crippen LogP contribution in [0.3, 0.4) is 0 Å². The van der Waals surface area contributed by atoms with E-state index < -0.39 is 7.75 Å². The van der Waals surface area contributed by atoms with Crippen LogP contribution in [0.1, 0.15) is 25.0 Å². The third-order valence-electron chi connectivity index (χ3n) is 4.23. The standard InChI is InChI=1S/C22H30NO7P/c1-7-29-31(24,30-8-2)23-18-13-16(11-12-19(18)25-3)9-10-17-14-20(26-4)22(28-6)21(15-17)27-5/h9-15H,7-8H2,1-6H3,(H,23,24). The molecule has 170 valence electrons. The van der Waals surface area contributed by atoms with E-state index in [-0.39, 0.29) is 13.2 Å². The lowest BCUT2D eigenvalue weighted by Crippen LogP contribution is -2.06. The molecule has 31 heavy (non-hydrogen) atoms. The second-order valence-electron chi connectivity index (χ2n) is 6.20. The van der Waals surface area contributed by atoms with E-state index in [1.54, 1.807) is 47.3 Å². The molecule has 0 aliphatic carbocycles. The summed E-state index contributed by atoms with van der Waals surface area (Å²) in [5, 5.41) is 2.86. The highest BCUT2D eigenvalue weighted by atomic mass is 31.2. The number of rotatable bonds is 12. The predicted molar refractivity (Wildman–Crippen MR) is 123 cm³/mol. The van der Waals surface area contributed by atoms with Crippen molar-refractivity contribution in [3.63, 3.8) is 0 Å². The Bertz CT molecular complexity index is 910. The minimum Gasteiger partial charge on any atom is -0.495 e. The normalized spacial score (nSPS) is 11.4. The van der Waals surface area contributed by atoms with Gasteiger partial charge in [0, 0.05) is 0 Å². The van der Waals surface area contributed by atoms with Crippen LogP contribution in [-0.2, 0) is 13.6 Å². The Labute approximate surface area is 183 Å². The van der Waals surface area contributed by atoms with Gasteiger partial charge in [0.25, 0.3) is 0 Å². The van der Waals surface area contributed by atoms with Crippen molar-refractivity contribution in [3.8, 4) is 23.0 Å². The third kappa shape index (κ3) is 6.40. The first-order valence-electron chi connectivity index (χ1n) is 9.77. The van der Waals surface area contributed by atoms with Crippen LogP contribution in [0.5, 0.6) is 23.0 Å². The average molecular weight is 451 g/mol. The molecule has 0 aliphatic heterocycles. The zero-order valence-corrected chi connectivity index (χ0v) is 19.7. The van der Waals surface area contributed by atoms with Crippen LogP contribution in [0, 0.1) is 0 Å². The molecular formula is C22H30NO7P. The zero-order valence-electron chi connectivity index (χ0n) is 18.8. The Morgan fingerprint density at radius 3 is 1.81 bits per heavy atom. The minimum atomic E-state index is -3.51. The fourth-order valence-electron chi connectivity index (χ4n) is 2.90. The predicted octanol–water partition coefficient (Wildman–Crippen LogP) is 5.48. The first kappa shape index (κ1) is 24.6. The molecule has 9 heteroatoms. The monoisotopic (exact) mass is 451 g/mol. The van der Waals surface area contributed by atoms with Crippen molar-refractivity contribution in [2.75, 3.05) is 46.7 Å². The van der Waals surface area contributed by atoms with Gasteiger partial charge in [0.05, 0.1) is 47.3 Å². The first-order valence-corrected chi connectivity index (χ1v) is 11.3. The fourth-order valence-corrected chi connectivity index (χ4v) is 4.25. The van der Waals surface area contributed by atoms with Gasteiger partial charge in [-0.1, -0.05) is 18.2 Å². The number of hydrogen-bond acceptors (Lipinski definition) is 7. The highest BCUT2D eigenvalue weighted by molar-refractivity contribution is 7.55. The van der Waals surface area contributed by atoms with E-state index in [9.17, 15) is 4.57 Å². The lowest BCUT2D eigenvalue weighted by Gasteiger charge is -2.20. The highest BCUT2D eigenvalue weighted by Crippen LogP contribution is 2.49. The molecule has 0 amide bonds. The molecule has 0 bridgehead atoms. The van der Waals surface area contributed by atoms with Gasteiger partial charge in [-0.3, -0.25) is 14.1 Å². The summed E-state index contributed by atoms with van der Waals surface area (Å²) in [5.74, 6) is 2.17. The maximum atomic E-state index is 12.9. The van der Waals surface area contributed by atoms with Crippen molar-refractivity contribution in [2.45, 2.75) is 13.8 Å². The van der Waals surface area contributed by atoms with Gasteiger partial charge in [0.1, 0.15) is 5.75 Å². The summed E-state index contributed by atoms with van der Waals surface area (Å²) >= 11 is 0. The second kappa shape index (κ2) is 11.6. The van der Waals surface area contributed by atoms with E-state index in [4.69, 9.17) is 28.0 Å². The summed E-state index contributed by atoms with van der Waals surface area (Å²) in [7, 11) is 2.73. The van der Waals surface area contributed by atoms with E-state index in [0.29, 0.717) is 28.7 Å². The van der Waals surface area contributed by atoms with Crippen LogP contribution in [0.2, 0.25) is 0 Å². The Morgan fingerprint density at radius 2 is 1.32 bits per heavy atom. The molecule has 0 aliphatic rings. The van der Waals surface area contributed by atoms with Crippen molar-refractivity contribution >= 4 is 25.6 Å². The van der Waals surface area contributed by atoms with Gasteiger partial charge in [0.15, 0.2) is 11.5 Å². The topological polar surface area (TPSA) is 84.5 Å². The highest BCUT2D eigenvalue weighted by Gasteiger charge is 2.25. The molecule has 0 unspecified atom stereocenters. The van der Waals surface area contributed by atoms with E-state index >= 15 is 0 Å². The summed E-state index contributed by atoms with van der Waals surface area (Å²) in [6, 6.07) is 9.15. The van der Waals surface area contributed by atoms with Gasteiger partial charge >= 0.3 is 7.75 Å². The number of methoxy groups -OCH3 is 4. The molecule has 0 fully saturated rings. The first-order chi connectivity index (χ1) is 14.9. The Balaban J connectivity index is 2.37. The SMILES string of the molecule is CCOP(=O)(Nc1cc(C=Cc2cc(OC)c(OC)c(OC)c2)ccc1OC)OCC. The molecule has 0 heterocycles. The molecular weight excluding hydrogens is 421 g/mol. The molecule has 8 nitrogen and oxygen atoms in total. The Morgan fingerprint density at radius 1 is 0.774 bits per heavy atom. The number of hydrogen-bond donors (Lipinski definition) is 1. The maximum absolute atomic E-state index is 12.9. The zero-order chi connectivity index (χ0) is 22.9. The van der Waals surface area contributed by atoms with Crippen molar-refractivity contribution in [3.05, 3.63) is 41.5 Å². The molecule has 0 spiro atoms. The van der Waals surface area contributed by atoms with Crippen molar-refractivity contribution in [2.24, 2.45) is 0 Å². The van der Waals surface area contributed by atoms with Crippen molar-refractivity contribution in [1.82, 2.24) is 0 Å². The second-order valence-corrected chi connectivity index (χ2v) is 7.93. The molecule has 0 atom stereocenters. The van der Waals surface area contributed by atoms with Gasteiger partial charge in [-0.25, -0.2) is 4.57 Å². The molecule has 0 saturated heterocycles. The largest absolute Gasteiger partial charge is 0.495 e. The van der Waals surface area contributed by atoms with Gasteiger partial charge in [0.2, 0.25) is 5.75 Å². The molecule has 2 rings (SSSR count). The molecule has 2 aromatic carbocycles. The fraction of sp³-hybridized carbons (Fsp3) is 0.364.